The van der Waals surface area contributed by atoms with Gasteiger partial charge in [0.15, 0.2) is 40.3 Å². The molecule has 0 atom stereocenters. The maximum atomic E-state index is 12.4. The van der Waals surface area contributed by atoms with Crippen LogP contribution in [0.1, 0.15) is 22.8 Å². The number of aromatic hydroxyl groups is 1. The van der Waals surface area contributed by atoms with Crippen LogP contribution in [0.4, 0.5) is 0 Å². The average Bonchev–Trinajstić information content (AvgIpc) is 2.94. The van der Waals surface area contributed by atoms with Gasteiger partial charge in [-0.3, -0.25) is 4.79 Å². The normalized spacial score (nSPS) is 12.1. The minimum absolute atomic E-state index is 0.120. The van der Waals surface area contributed by atoms with E-state index in [1.165, 1.54) is 45.7 Å². The minimum Gasteiger partial charge on any atom is -0.504 e. The zero-order chi connectivity index (χ0) is 28.9. The molecule has 2 N–H and O–H groups in total. The van der Waals surface area contributed by atoms with Crippen molar-refractivity contribution in [2.75, 3.05) is 42.7 Å². The number of rotatable bonds is 14. The third-order valence-electron chi connectivity index (χ3n) is 5.46. The first kappa shape index (κ1) is 30.4. The third kappa shape index (κ3) is 8.10. The van der Waals surface area contributed by atoms with E-state index in [0.717, 1.165) is 11.1 Å². The zero-order valence-electron chi connectivity index (χ0n) is 23.3. The summed E-state index contributed by atoms with van der Waals surface area (Å²) in [6.45, 7) is 5.88. The fraction of sp³-hybridized carbons (Fsp3) is 0.233. The van der Waals surface area contributed by atoms with Crippen LogP contribution >= 0.6 is 0 Å². The van der Waals surface area contributed by atoms with E-state index < -0.39 is 0 Å². The van der Waals surface area contributed by atoms with Crippen LogP contribution in [0.3, 0.4) is 0 Å². The van der Waals surface area contributed by atoms with Crippen molar-refractivity contribution in [2.24, 2.45) is 0 Å². The van der Waals surface area contributed by atoms with Gasteiger partial charge in [-0.15, -0.1) is 0 Å². The molecule has 0 amide bonds. The lowest BCUT2D eigenvalue weighted by atomic mass is 10.1. The Kier molecular flexibility index (Phi) is 11.6. The molecule has 39 heavy (non-hydrogen) atoms. The summed E-state index contributed by atoms with van der Waals surface area (Å²) in [5.41, 5.74) is 2.37. The van der Waals surface area contributed by atoms with E-state index in [1.807, 2.05) is 31.2 Å². The van der Waals surface area contributed by atoms with E-state index in [-0.39, 0.29) is 17.3 Å². The van der Waals surface area contributed by atoms with Gasteiger partial charge in [-0.2, -0.15) is 0 Å². The van der Waals surface area contributed by atoms with Gasteiger partial charge in [0, 0.05) is 17.8 Å². The van der Waals surface area contributed by atoms with E-state index in [9.17, 15) is 9.90 Å². The highest BCUT2D eigenvalue weighted by molar-refractivity contribution is 6.04. The highest BCUT2D eigenvalue weighted by Crippen LogP contribution is 2.38. The van der Waals surface area contributed by atoms with Crippen LogP contribution in [0, 0.1) is 0 Å². The van der Waals surface area contributed by atoms with Crippen LogP contribution in [-0.2, 0) is 9.47 Å². The first-order valence-electron chi connectivity index (χ1n) is 11.7. The number of ketones is 1. The Hall–Kier alpha value is -4.79. The van der Waals surface area contributed by atoms with Gasteiger partial charge in [-0.1, -0.05) is 18.7 Å². The quantitative estimate of drug-likeness (QED) is 0.142. The molecule has 9 heteroatoms. The maximum Gasteiger partial charge on any atom is 0.203 e. The Morgan fingerprint density at radius 3 is 2.03 bits per heavy atom. The molecule has 0 radical (unpaired) electrons. The third-order valence-corrected chi connectivity index (χ3v) is 5.46. The predicted octanol–water partition coefficient (Wildman–Crippen LogP) is 5.39. The van der Waals surface area contributed by atoms with Gasteiger partial charge in [0.2, 0.25) is 5.75 Å². The van der Waals surface area contributed by atoms with Crippen LogP contribution in [0.25, 0.3) is 6.08 Å². The highest BCUT2D eigenvalue weighted by atomic mass is 16.5. The number of benzene rings is 2. The number of nitrogens with one attached hydrogen (secondary N) is 1. The van der Waals surface area contributed by atoms with Crippen LogP contribution in [0.2, 0.25) is 0 Å². The summed E-state index contributed by atoms with van der Waals surface area (Å²) >= 11 is 0. The molecule has 0 heterocycles. The van der Waals surface area contributed by atoms with Gasteiger partial charge in [0.25, 0.3) is 0 Å². The fourth-order valence-corrected chi connectivity index (χ4v) is 3.49. The molecule has 9 nitrogen and oxygen atoms in total. The molecule has 0 unspecified atom stereocenters. The number of carbonyl (C=O) groups is 1. The molecule has 208 valence electrons. The van der Waals surface area contributed by atoms with Crippen molar-refractivity contribution in [3.05, 3.63) is 95.3 Å². The second-order valence-corrected chi connectivity index (χ2v) is 7.99. The van der Waals surface area contributed by atoms with Crippen LogP contribution in [-0.4, -0.2) is 53.5 Å². The number of hydrogen-bond donors (Lipinski definition) is 2. The van der Waals surface area contributed by atoms with Crippen molar-refractivity contribution in [2.45, 2.75) is 6.92 Å². The minimum atomic E-state index is -0.323. The SMILES string of the molecule is C=C(N/C=C\C(=O)c1ccc(OC)c(O)c1)\C(OC)=C(/C=C(C)/C=C\c1cc(OC)c(OC)c(OC)c1)OC. The lowest BCUT2D eigenvalue weighted by Crippen LogP contribution is -2.11. The topological polar surface area (TPSA) is 105 Å². The van der Waals surface area contributed by atoms with E-state index in [1.54, 1.807) is 33.5 Å². The number of hydrogen-bond acceptors (Lipinski definition) is 9. The molecule has 0 aliphatic carbocycles. The van der Waals surface area contributed by atoms with E-state index in [4.69, 9.17) is 28.4 Å². The van der Waals surface area contributed by atoms with E-state index in [2.05, 4.69) is 11.9 Å². The van der Waals surface area contributed by atoms with Gasteiger partial charge in [0.05, 0.1) is 48.4 Å². The number of phenols is 1. The first-order chi connectivity index (χ1) is 18.7. The number of carbonyl (C=O) groups excluding carboxylic acids is 1. The number of methoxy groups -OCH3 is 6. The summed E-state index contributed by atoms with van der Waals surface area (Å²) in [7, 11) is 9.12. The van der Waals surface area contributed by atoms with Crippen LogP contribution < -0.4 is 24.3 Å². The largest absolute Gasteiger partial charge is 0.504 e. The van der Waals surface area contributed by atoms with Crippen molar-refractivity contribution < 1.29 is 38.3 Å². The summed E-state index contributed by atoms with van der Waals surface area (Å²) in [6, 6.07) is 8.09. The second-order valence-electron chi connectivity index (χ2n) is 7.99. The lowest BCUT2D eigenvalue weighted by Gasteiger charge is -2.14. The van der Waals surface area contributed by atoms with Crippen LogP contribution in [0.5, 0.6) is 28.7 Å². The fourth-order valence-electron chi connectivity index (χ4n) is 3.49. The van der Waals surface area contributed by atoms with Crippen molar-refractivity contribution in [1.29, 1.82) is 0 Å². The number of phenolic OH excluding ortho intramolecular Hbond substituents is 1. The van der Waals surface area contributed by atoms with Crippen molar-refractivity contribution in [1.82, 2.24) is 5.32 Å². The standard InChI is InChI=1S/C30H35NO8/c1-19(9-10-21-16-27(36-5)30(39-8)28(17-21)37-6)15-26(35-4)29(38-7)20(2)31-14-13-23(32)22-11-12-25(34-3)24(33)18-22/h9-18,31,33H,2H2,1,3-8H3/b10-9-,14-13-,19-15+,29-26-. The van der Waals surface area contributed by atoms with Crippen molar-refractivity contribution in [3.63, 3.8) is 0 Å². The summed E-state index contributed by atoms with van der Waals surface area (Å²) < 4.78 is 32.2. The molecule has 0 fully saturated rings. The molecule has 0 saturated carbocycles. The maximum absolute atomic E-state index is 12.4. The monoisotopic (exact) mass is 537 g/mol. The Morgan fingerprint density at radius 2 is 1.51 bits per heavy atom. The molecular formula is C30H35NO8. The van der Waals surface area contributed by atoms with Gasteiger partial charge < -0.3 is 38.8 Å². The highest BCUT2D eigenvalue weighted by Gasteiger charge is 2.13. The molecule has 2 aromatic carbocycles. The second kappa shape index (κ2) is 14.8. The molecule has 0 saturated heterocycles. The summed E-state index contributed by atoms with van der Waals surface area (Å²) in [6.07, 6.45) is 8.32. The van der Waals surface area contributed by atoms with E-state index in [0.29, 0.717) is 40.0 Å². The molecule has 0 aromatic heterocycles. The Balaban J connectivity index is 2.20. The number of allylic oxidation sites excluding steroid dienone is 4. The molecule has 0 aliphatic rings. The lowest BCUT2D eigenvalue weighted by molar-refractivity contribution is 0.104. The Bertz CT molecular complexity index is 1280. The van der Waals surface area contributed by atoms with Gasteiger partial charge in [-0.05, 0) is 54.5 Å². The van der Waals surface area contributed by atoms with E-state index >= 15 is 0 Å². The Labute approximate surface area is 229 Å². The molecule has 0 aliphatic heterocycles. The predicted molar refractivity (Wildman–Crippen MR) is 150 cm³/mol. The smallest absolute Gasteiger partial charge is 0.203 e. The molecule has 0 spiro atoms. The Morgan fingerprint density at radius 1 is 0.872 bits per heavy atom. The van der Waals surface area contributed by atoms with Crippen molar-refractivity contribution in [3.8, 4) is 28.7 Å². The number of ether oxygens (including phenoxy) is 6. The zero-order valence-corrected chi connectivity index (χ0v) is 23.3. The van der Waals surface area contributed by atoms with Crippen molar-refractivity contribution >= 4 is 11.9 Å². The molecule has 2 aromatic rings. The van der Waals surface area contributed by atoms with Gasteiger partial charge in [-0.25, -0.2) is 0 Å². The molecule has 2 rings (SSSR count). The molecule has 0 bridgehead atoms. The first-order valence-corrected chi connectivity index (χ1v) is 11.7. The molecular weight excluding hydrogens is 502 g/mol. The summed E-state index contributed by atoms with van der Waals surface area (Å²) in [5.74, 6) is 2.22. The van der Waals surface area contributed by atoms with Gasteiger partial charge in [0.1, 0.15) is 0 Å². The average molecular weight is 538 g/mol. The summed E-state index contributed by atoms with van der Waals surface area (Å²) in [5, 5.41) is 12.8. The van der Waals surface area contributed by atoms with Gasteiger partial charge >= 0.3 is 0 Å². The summed E-state index contributed by atoms with van der Waals surface area (Å²) in [4.78, 5) is 12.4. The van der Waals surface area contributed by atoms with Crippen LogP contribution in [0.15, 0.2) is 84.1 Å².